The number of methoxy groups -OCH3 is 1. The van der Waals surface area contributed by atoms with Gasteiger partial charge in [-0.25, -0.2) is 0 Å². The number of aromatic hydroxyl groups is 1. The molecule has 0 saturated carbocycles. The van der Waals surface area contributed by atoms with Gasteiger partial charge in [-0.2, -0.15) is 0 Å². The maximum Gasteiger partial charge on any atom is 0.285 e. The van der Waals surface area contributed by atoms with Crippen molar-refractivity contribution in [2.45, 2.75) is 5.72 Å². The summed E-state index contributed by atoms with van der Waals surface area (Å²) in [6.45, 7) is 0. The minimum atomic E-state index is -1.97. The largest absolute Gasteiger partial charge is 0.504 e. The van der Waals surface area contributed by atoms with E-state index < -0.39 is 11.6 Å². The Morgan fingerprint density at radius 2 is 2.17 bits per heavy atom. The van der Waals surface area contributed by atoms with Crippen LogP contribution in [0.4, 0.5) is 0 Å². The van der Waals surface area contributed by atoms with Gasteiger partial charge in [0.25, 0.3) is 5.91 Å². The fourth-order valence-electron chi connectivity index (χ4n) is 1.81. The van der Waals surface area contributed by atoms with E-state index in [0.717, 1.165) is 4.90 Å². The van der Waals surface area contributed by atoms with Crippen LogP contribution in [-0.2, 0) is 10.5 Å². The van der Waals surface area contributed by atoms with E-state index in [1.54, 1.807) is 0 Å². The van der Waals surface area contributed by atoms with Crippen molar-refractivity contribution in [1.82, 2.24) is 10.2 Å². The normalized spacial score (nSPS) is 23.2. The second-order valence-corrected chi connectivity index (χ2v) is 3.92. The van der Waals surface area contributed by atoms with Crippen LogP contribution in [0.15, 0.2) is 18.2 Å². The van der Waals surface area contributed by atoms with Crippen LogP contribution in [0.5, 0.6) is 11.5 Å². The fraction of sp³-hybridized carbons (Fsp3) is 0.273. The van der Waals surface area contributed by atoms with Crippen molar-refractivity contribution < 1.29 is 19.7 Å². The number of likely N-dealkylation sites (N-methyl/N-ethyl adjacent to an activating group) is 1. The molecule has 0 spiro atoms. The smallest absolute Gasteiger partial charge is 0.285 e. The van der Waals surface area contributed by atoms with Crippen molar-refractivity contribution in [1.29, 1.82) is 5.41 Å². The molecule has 1 saturated heterocycles. The Kier molecular flexibility index (Phi) is 2.63. The molecule has 1 aliphatic heterocycles. The molecule has 0 radical (unpaired) electrons. The zero-order chi connectivity index (χ0) is 13.5. The third kappa shape index (κ3) is 1.48. The number of nitrogens with one attached hydrogen (secondary N) is 2. The SMILES string of the molecule is COc1cc(C2(O)C(=O)NC(=N)N2C)ccc1O. The van der Waals surface area contributed by atoms with E-state index in [4.69, 9.17) is 10.1 Å². The first-order valence-corrected chi connectivity index (χ1v) is 5.15. The molecule has 1 aromatic rings. The van der Waals surface area contributed by atoms with E-state index in [0.29, 0.717) is 0 Å². The van der Waals surface area contributed by atoms with Crippen LogP contribution in [0, 0.1) is 5.41 Å². The highest BCUT2D eigenvalue weighted by atomic mass is 16.5. The number of benzene rings is 1. The number of guanidine groups is 1. The lowest BCUT2D eigenvalue weighted by Gasteiger charge is -2.28. The summed E-state index contributed by atoms with van der Waals surface area (Å²) in [6, 6.07) is 4.06. The number of aliphatic hydroxyl groups is 1. The number of hydrogen-bond acceptors (Lipinski definition) is 5. The maximum absolute atomic E-state index is 11.8. The Hall–Kier alpha value is -2.28. The van der Waals surface area contributed by atoms with Crippen molar-refractivity contribution in [2.24, 2.45) is 0 Å². The molecule has 1 fully saturated rings. The van der Waals surface area contributed by atoms with Gasteiger partial charge in [0.15, 0.2) is 11.5 Å². The van der Waals surface area contributed by atoms with Gasteiger partial charge in [-0.05, 0) is 18.2 Å². The van der Waals surface area contributed by atoms with Gasteiger partial charge in [-0.3, -0.25) is 15.5 Å². The topological polar surface area (TPSA) is 106 Å². The van der Waals surface area contributed by atoms with Crippen molar-refractivity contribution in [3.8, 4) is 11.5 Å². The lowest BCUT2D eigenvalue weighted by Crippen LogP contribution is -2.44. The summed E-state index contributed by atoms with van der Waals surface area (Å²) in [4.78, 5) is 12.9. The van der Waals surface area contributed by atoms with Crippen molar-refractivity contribution in [2.75, 3.05) is 14.2 Å². The van der Waals surface area contributed by atoms with Gasteiger partial charge in [0.05, 0.1) is 7.11 Å². The minimum Gasteiger partial charge on any atom is -0.504 e. The molecule has 1 amide bonds. The molecule has 1 heterocycles. The van der Waals surface area contributed by atoms with E-state index in [-0.39, 0.29) is 23.0 Å². The average Bonchev–Trinajstić information content (AvgIpc) is 2.55. The fourth-order valence-corrected chi connectivity index (χ4v) is 1.81. The summed E-state index contributed by atoms with van der Waals surface area (Å²) in [6.07, 6.45) is 0. The maximum atomic E-state index is 11.8. The molecular formula is C11H13N3O4. The predicted molar refractivity (Wildman–Crippen MR) is 62.2 cm³/mol. The molecule has 96 valence electrons. The highest BCUT2D eigenvalue weighted by Gasteiger charge is 2.50. The first kappa shape index (κ1) is 12.2. The van der Waals surface area contributed by atoms with Crippen LogP contribution < -0.4 is 10.1 Å². The average molecular weight is 251 g/mol. The highest BCUT2D eigenvalue weighted by Crippen LogP contribution is 2.34. The Balaban J connectivity index is 2.54. The Bertz CT molecular complexity index is 531. The second kappa shape index (κ2) is 3.88. The number of amides is 1. The number of phenols is 1. The standard InChI is InChI=1S/C11H13N3O4/c1-14-10(12)13-9(16)11(14,17)6-3-4-7(15)8(5-6)18-2/h3-5,15,17H,1-2H3,(H2,12,13,16). The van der Waals surface area contributed by atoms with Gasteiger partial charge in [-0.15, -0.1) is 0 Å². The van der Waals surface area contributed by atoms with E-state index in [2.05, 4.69) is 5.32 Å². The van der Waals surface area contributed by atoms with Crippen molar-refractivity contribution in [3.63, 3.8) is 0 Å². The zero-order valence-electron chi connectivity index (χ0n) is 9.89. The van der Waals surface area contributed by atoms with Crippen molar-refractivity contribution >= 4 is 11.9 Å². The molecule has 1 aromatic carbocycles. The third-order valence-corrected chi connectivity index (χ3v) is 2.95. The summed E-state index contributed by atoms with van der Waals surface area (Å²) in [5.74, 6) is -0.876. The minimum absolute atomic E-state index is 0.0963. The summed E-state index contributed by atoms with van der Waals surface area (Å²) in [5, 5.41) is 29.6. The Labute approximate surface area is 103 Å². The second-order valence-electron chi connectivity index (χ2n) is 3.92. The van der Waals surface area contributed by atoms with Crippen LogP contribution in [0.3, 0.4) is 0 Å². The van der Waals surface area contributed by atoms with Crippen LogP contribution >= 0.6 is 0 Å². The third-order valence-electron chi connectivity index (χ3n) is 2.95. The van der Waals surface area contributed by atoms with Gasteiger partial charge < -0.3 is 19.8 Å². The summed E-state index contributed by atoms with van der Waals surface area (Å²) < 4.78 is 4.92. The molecule has 0 bridgehead atoms. The number of hydrogen-bond donors (Lipinski definition) is 4. The van der Waals surface area contributed by atoms with Gasteiger partial charge in [-0.1, -0.05) is 0 Å². The zero-order valence-corrected chi connectivity index (χ0v) is 9.89. The number of ether oxygens (including phenoxy) is 1. The highest BCUT2D eigenvalue weighted by molar-refractivity contribution is 6.07. The van der Waals surface area contributed by atoms with Gasteiger partial charge in [0.1, 0.15) is 0 Å². The number of carbonyl (C=O) groups is 1. The lowest BCUT2D eigenvalue weighted by molar-refractivity contribution is -0.147. The Morgan fingerprint density at radius 1 is 1.50 bits per heavy atom. The molecule has 0 aliphatic carbocycles. The van der Waals surface area contributed by atoms with Crippen LogP contribution in [0.25, 0.3) is 0 Å². The molecule has 1 aliphatic rings. The van der Waals surface area contributed by atoms with Gasteiger partial charge >= 0.3 is 0 Å². The monoisotopic (exact) mass is 251 g/mol. The van der Waals surface area contributed by atoms with Crippen LogP contribution in [0.1, 0.15) is 5.56 Å². The molecule has 18 heavy (non-hydrogen) atoms. The summed E-state index contributed by atoms with van der Waals surface area (Å²) in [7, 11) is 2.78. The number of phenolic OH excluding ortho intramolecular Hbond substituents is 1. The quantitative estimate of drug-likeness (QED) is 0.569. The molecule has 7 heteroatoms. The number of rotatable bonds is 2. The van der Waals surface area contributed by atoms with E-state index >= 15 is 0 Å². The molecule has 7 nitrogen and oxygen atoms in total. The van der Waals surface area contributed by atoms with Crippen LogP contribution in [-0.4, -0.2) is 41.1 Å². The molecule has 2 rings (SSSR count). The molecule has 1 unspecified atom stereocenters. The molecule has 4 N–H and O–H groups in total. The lowest BCUT2D eigenvalue weighted by atomic mass is 10.0. The van der Waals surface area contributed by atoms with E-state index in [1.807, 2.05) is 0 Å². The molecule has 0 aromatic heterocycles. The van der Waals surface area contributed by atoms with Gasteiger partial charge in [0.2, 0.25) is 11.7 Å². The van der Waals surface area contributed by atoms with E-state index in [1.165, 1.54) is 32.4 Å². The van der Waals surface area contributed by atoms with Gasteiger partial charge in [0, 0.05) is 12.6 Å². The Morgan fingerprint density at radius 3 is 2.67 bits per heavy atom. The summed E-state index contributed by atoms with van der Waals surface area (Å²) >= 11 is 0. The van der Waals surface area contributed by atoms with E-state index in [9.17, 15) is 15.0 Å². The molecular weight excluding hydrogens is 238 g/mol. The van der Waals surface area contributed by atoms with Crippen molar-refractivity contribution in [3.05, 3.63) is 23.8 Å². The molecule has 1 atom stereocenters. The first-order valence-electron chi connectivity index (χ1n) is 5.15. The van der Waals surface area contributed by atoms with Crippen LogP contribution in [0.2, 0.25) is 0 Å². The predicted octanol–water partition coefficient (Wildman–Crippen LogP) is -0.458. The number of carbonyl (C=O) groups excluding carboxylic acids is 1. The summed E-state index contributed by atoms with van der Waals surface area (Å²) in [5.41, 5.74) is -1.77. The number of nitrogens with zero attached hydrogens (tertiary/aromatic N) is 1. The first-order chi connectivity index (χ1) is 8.41.